The van der Waals surface area contributed by atoms with Gasteiger partial charge in [0.05, 0.1) is 4.92 Å². The zero-order valence-electron chi connectivity index (χ0n) is 11.7. The van der Waals surface area contributed by atoms with Gasteiger partial charge in [-0.3, -0.25) is 10.1 Å². The van der Waals surface area contributed by atoms with E-state index in [1.54, 1.807) is 0 Å². The van der Waals surface area contributed by atoms with Gasteiger partial charge in [-0.05, 0) is 36.2 Å². The molecule has 0 radical (unpaired) electrons. The first kappa shape index (κ1) is 16.6. The highest BCUT2D eigenvalue weighted by molar-refractivity contribution is 8.01. The molecule has 2 rings (SSSR count). The predicted molar refractivity (Wildman–Crippen MR) is 91.4 cm³/mol. The Morgan fingerprint density at radius 1 is 1.23 bits per heavy atom. The van der Waals surface area contributed by atoms with E-state index in [2.05, 4.69) is 15.0 Å². The molecule has 0 saturated heterocycles. The Kier molecular flexibility index (Phi) is 5.63. The molecule has 116 valence electrons. The fourth-order valence-corrected chi connectivity index (χ4v) is 3.74. The minimum absolute atomic E-state index is 0.0256. The van der Waals surface area contributed by atoms with Crippen LogP contribution in [0.15, 0.2) is 33.5 Å². The van der Waals surface area contributed by atoms with Crippen LogP contribution >= 0.6 is 35.1 Å². The Balaban J connectivity index is 2.07. The van der Waals surface area contributed by atoms with E-state index in [1.807, 2.05) is 12.5 Å². The molecule has 0 bridgehead atoms. The van der Waals surface area contributed by atoms with Crippen molar-refractivity contribution in [3.05, 3.63) is 34.4 Å². The van der Waals surface area contributed by atoms with Gasteiger partial charge < -0.3 is 10.6 Å². The molecule has 0 saturated carbocycles. The number of amides is 2. The first-order chi connectivity index (χ1) is 10.5. The second-order valence-corrected chi connectivity index (χ2v) is 6.58. The molecule has 0 fully saturated rings. The van der Waals surface area contributed by atoms with Crippen molar-refractivity contribution in [1.29, 1.82) is 0 Å². The Bertz CT molecular complexity index is 666. The molecule has 10 heteroatoms. The third kappa shape index (κ3) is 3.90. The van der Waals surface area contributed by atoms with Gasteiger partial charge >= 0.3 is 6.03 Å². The number of anilines is 2. The van der Waals surface area contributed by atoms with Crippen LogP contribution in [0.25, 0.3) is 0 Å². The van der Waals surface area contributed by atoms with Gasteiger partial charge in [0.1, 0.15) is 14.9 Å². The van der Waals surface area contributed by atoms with Crippen molar-refractivity contribution in [2.24, 2.45) is 0 Å². The van der Waals surface area contributed by atoms with E-state index in [1.165, 1.54) is 59.3 Å². The molecule has 0 unspecified atom stereocenters. The monoisotopic (exact) mass is 356 g/mol. The number of nitrogens with zero attached hydrogens (tertiary/aromatic N) is 2. The van der Waals surface area contributed by atoms with E-state index in [9.17, 15) is 14.9 Å². The van der Waals surface area contributed by atoms with Crippen LogP contribution in [0.5, 0.6) is 0 Å². The maximum atomic E-state index is 12.0. The predicted octanol–water partition coefficient (Wildman–Crippen LogP) is 4.14. The maximum Gasteiger partial charge on any atom is 0.323 e. The maximum absolute atomic E-state index is 12.0. The standard InChI is InChI=1S/C12H12N4O3S3/c1-20-10-9(11(21-2)22-15-10)14-12(17)13-7-3-5-8(6-4-7)16(18)19/h3-6H,1-2H3,(H2,13,14,17). The van der Waals surface area contributed by atoms with Crippen LogP contribution in [-0.4, -0.2) is 27.8 Å². The van der Waals surface area contributed by atoms with Crippen molar-refractivity contribution in [1.82, 2.24) is 4.37 Å². The van der Waals surface area contributed by atoms with Gasteiger partial charge in [0.2, 0.25) is 0 Å². The third-order valence-electron chi connectivity index (χ3n) is 2.58. The van der Waals surface area contributed by atoms with E-state index >= 15 is 0 Å². The summed E-state index contributed by atoms with van der Waals surface area (Å²) in [5, 5.41) is 16.7. The second-order valence-electron chi connectivity index (χ2n) is 3.94. The van der Waals surface area contributed by atoms with E-state index in [-0.39, 0.29) is 5.69 Å². The minimum Gasteiger partial charge on any atom is -0.308 e. The lowest BCUT2D eigenvalue weighted by atomic mass is 10.3. The molecular weight excluding hydrogens is 344 g/mol. The zero-order chi connectivity index (χ0) is 16.1. The molecular formula is C12H12N4O3S3. The SMILES string of the molecule is CSc1nsc(SC)c1NC(=O)Nc1ccc([N+](=O)[O-])cc1. The minimum atomic E-state index is -0.490. The largest absolute Gasteiger partial charge is 0.323 e. The summed E-state index contributed by atoms with van der Waals surface area (Å²) in [6.07, 6.45) is 3.80. The van der Waals surface area contributed by atoms with Gasteiger partial charge in [0.15, 0.2) is 0 Å². The molecule has 22 heavy (non-hydrogen) atoms. The molecule has 0 spiro atoms. The summed E-state index contributed by atoms with van der Waals surface area (Å²) < 4.78 is 5.18. The van der Waals surface area contributed by atoms with Crippen molar-refractivity contribution < 1.29 is 9.72 Å². The summed E-state index contributed by atoms with van der Waals surface area (Å²) in [4.78, 5) is 22.1. The number of rotatable bonds is 5. The summed E-state index contributed by atoms with van der Waals surface area (Å²) in [5.74, 6) is 0. The number of hydrogen-bond acceptors (Lipinski definition) is 7. The molecule has 2 N–H and O–H groups in total. The van der Waals surface area contributed by atoms with Crippen molar-refractivity contribution >= 4 is 58.1 Å². The number of non-ortho nitro benzene ring substituents is 1. The first-order valence-corrected chi connectivity index (χ1v) is 9.17. The Hall–Kier alpha value is -1.78. The molecule has 2 amide bonds. The Morgan fingerprint density at radius 2 is 1.91 bits per heavy atom. The van der Waals surface area contributed by atoms with Crippen LogP contribution in [0, 0.1) is 10.1 Å². The summed E-state index contributed by atoms with van der Waals surface area (Å²) in [6, 6.07) is 5.22. The number of carbonyl (C=O) groups is 1. The van der Waals surface area contributed by atoms with Gasteiger partial charge in [-0.25, -0.2) is 4.79 Å². The fraction of sp³-hybridized carbons (Fsp3) is 0.167. The average molecular weight is 356 g/mol. The van der Waals surface area contributed by atoms with E-state index in [0.717, 1.165) is 9.24 Å². The highest BCUT2D eigenvalue weighted by atomic mass is 32.2. The fourth-order valence-electron chi connectivity index (χ4n) is 1.59. The van der Waals surface area contributed by atoms with Crippen LogP contribution < -0.4 is 10.6 Å². The van der Waals surface area contributed by atoms with Gasteiger partial charge in [0.25, 0.3) is 5.69 Å². The quantitative estimate of drug-likeness (QED) is 0.475. The van der Waals surface area contributed by atoms with Crippen LogP contribution in [0.3, 0.4) is 0 Å². The van der Waals surface area contributed by atoms with Crippen molar-refractivity contribution in [3.63, 3.8) is 0 Å². The zero-order valence-corrected chi connectivity index (χ0v) is 14.1. The number of carbonyl (C=O) groups excluding carboxylic acids is 1. The molecule has 1 heterocycles. The molecule has 0 atom stereocenters. The average Bonchev–Trinajstić information content (AvgIpc) is 2.89. The highest BCUT2D eigenvalue weighted by Gasteiger charge is 2.15. The van der Waals surface area contributed by atoms with E-state index in [4.69, 9.17) is 0 Å². The molecule has 1 aromatic heterocycles. The summed E-state index contributed by atoms with van der Waals surface area (Å²) in [6.45, 7) is 0. The van der Waals surface area contributed by atoms with Gasteiger partial charge in [0, 0.05) is 17.8 Å². The van der Waals surface area contributed by atoms with Crippen LogP contribution in [0.4, 0.5) is 21.9 Å². The lowest BCUT2D eigenvalue weighted by Crippen LogP contribution is -2.19. The third-order valence-corrected chi connectivity index (χ3v) is 5.32. The highest BCUT2D eigenvalue weighted by Crippen LogP contribution is 2.37. The van der Waals surface area contributed by atoms with Crippen LogP contribution in [-0.2, 0) is 0 Å². The molecule has 0 aliphatic carbocycles. The van der Waals surface area contributed by atoms with E-state index in [0.29, 0.717) is 11.4 Å². The normalized spacial score (nSPS) is 10.3. The van der Waals surface area contributed by atoms with Crippen molar-refractivity contribution in [2.45, 2.75) is 9.24 Å². The number of aromatic nitrogens is 1. The van der Waals surface area contributed by atoms with Gasteiger partial charge in [-0.15, -0.1) is 23.5 Å². The van der Waals surface area contributed by atoms with Crippen LogP contribution in [0.1, 0.15) is 0 Å². The molecule has 7 nitrogen and oxygen atoms in total. The lowest BCUT2D eigenvalue weighted by Gasteiger charge is -2.08. The molecule has 1 aromatic carbocycles. The summed E-state index contributed by atoms with van der Waals surface area (Å²) in [7, 11) is 0. The molecule has 0 aliphatic heterocycles. The number of benzene rings is 1. The topological polar surface area (TPSA) is 97.2 Å². The molecule has 0 aliphatic rings. The number of hydrogen-bond donors (Lipinski definition) is 2. The van der Waals surface area contributed by atoms with Crippen molar-refractivity contribution in [3.8, 4) is 0 Å². The van der Waals surface area contributed by atoms with E-state index < -0.39 is 11.0 Å². The Labute approximate surface area is 139 Å². The number of nitro benzene ring substituents is 1. The second kappa shape index (κ2) is 7.47. The Morgan fingerprint density at radius 3 is 2.45 bits per heavy atom. The number of nitrogens with one attached hydrogen (secondary N) is 2. The van der Waals surface area contributed by atoms with Crippen molar-refractivity contribution in [2.75, 3.05) is 23.1 Å². The number of thioether (sulfide) groups is 2. The first-order valence-electron chi connectivity index (χ1n) is 5.95. The van der Waals surface area contributed by atoms with Gasteiger partial charge in [-0.2, -0.15) is 4.37 Å². The lowest BCUT2D eigenvalue weighted by molar-refractivity contribution is -0.384. The van der Waals surface area contributed by atoms with Gasteiger partial charge in [-0.1, -0.05) is 0 Å². The number of nitro groups is 1. The van der Waals surface area contributed by atoms with Crippen LogP contribution in [0.2, 0.25) is 0 Å². The molecule has 2 aromatic rings. The summed E-state index contributed by atoms with van der Waals surface area (Å²) in [5.41, 5.74) is 1.13. The summed E-state index contributed by atoms with van der Waals surface area (Å²) >= 11 is 4.29. The number of urea groups is 1. The smallest absolute Gasteiger partial charge is 0.308 e.